The van der Waals surface area contributed by atoms with Gasteiger partial charge in [0.1, 0.15) is 5.75 Å². The first-order chi connectivity index (χ1) is 16.2. The van der Waals surface area contributed by atoms with Crippen LogP contribution in [0.5, 0.6) is 5.75 Å². The Hall–Kier alpha value is -2.86. The fraction of sp³-hybridized carbons (Fsp3) is 0.481. The summed E-state index contributed by atoms with van der Waals surface area (Å²) in [6.45, 7) is 2.20. The topological polar surface area (TPSA) is 70.1 Å². The van der Waals surface area contributed by atoms with E-state index in [1.54, 1.807) is 0 Å². The minimum atomic E-state index is 0.0365. The van der Waals surface area contributed by atoms with E-state index < -0.39 is 0 Å². The molecule has 0 aromatic heterocycles. The number of aliphatic hydroxyl groups excluding tert-OH is 1. The van der Waals surface area contributed by atoms with Crippen LogP contribution in [-0.2, 0) is 11.2 Å². The van der Waals surface area contributed by atoms with Gasteiger partial charge in [-0.3, -0.25) is 9.59 Å². The van der Waals surface area contributed by atoms with Crippen molar-refractivity contribution >= 4 is 17.5 Å². The molecule has 33 heavy (non-hydrogen) atoms. The zero-order chi connectivity index (χ0) is 23.0. The number of aryl methyl sites for hydroxylation is 1. The first-order valence-electron chi connectivity index (χ1n) is 12.2. The first kappa shape index (κ1) is 23.3. The SMILES string of the molecule is O=C(c1ccc(OCCCCCCO)cc1)N1CCC(N2C(=O)CCc3ccccc32)CC1. The summed E-state index contributed by atoms with van der Waals surface area (Å²) in [5.74, 6) is 1.01. The number of carbonyl (C=O) groups excluding carboxylic acids is 2. The van der Waals surface area contributed by atoms with Crippen LogP contribution >= 0.6 is 0 Å². The second kappa shape index (κ2) is 11.3. The minimum Gasteiger partial charge on any atom is -0.494 e. The molecule has 6 nitrogen and oxygen atoms in total. The molecular weight excluding hydrogens is 416 g/mol. The summed E-state index contributed by atoms with van der Waals surface area (Å²) < 4.78 is 5.76. The fourth-order valence-electron chi connectivity index (χ4n) is 4.81. The maximum atomic E-state index is 13.0. The van der Waals surface area contributed by atoms with E-state index in [-0.39, 0.29) is 24.5 Å². The highest BCUT2D eigenvalue weighted by Crippen LogP contribution is 2.32. The number of hydrogen-bond acceptors (Lipinski definition) is 4. The highest BCUT2D eigenvalue weighted by Gasteiger charge is 2.33. The third-order valence-electron chi connectivity index (χ3n) is 6.67. The first-order valence-corrected chi connectivity index (χ1v) is 12.2. The molecule has 0 radical (unpaired) electrons. The van der Waals surface area contributed by atoms with Crippen LogP contribution in [0.4, 0.5) is 5.69 Å². The Morgan fingerprint density at radius 3 is 2.42 bits per heavy atom. The van der Waals surface area contributed by atoms with Crippen LogP contribution in [0.2, 0.25) is 0 Å². The van der Waals surface area contributed by atoms with Crippen LogP contribution in [0.15, 0.2) is 48.5 Å². The predicted octanol–water partition coefficient (Wildman–Crippen LogP) is 4.20. The van der Waals surface area contributed by atoms with Crippen molar-refractivity contribution in [3.05, 3.63) is 59.7 Å². The Balaban J connectivity index is 1.28. The van der Waals surface area contributed by atoms with Crippen LogP contribution in [0.1, 0.15) is 60.9 Å². The lowest BCUT2D eigenvalue weighted by molar-refractivity contribution is -0.119. The van der Waals surface area contributed by atoms with Crippen LogP contribution in [0.3, 0.4) is 0 Å². The largest absolute Gasteiger partial charge is 0.494 e. The van der Waals surface area contributed by atoms with Crippen molar-refractivity contribution in [3.8, 4) is 5.75 Å². The second-order valence-corrected chi connectivity index (χ2v) is 8.93. The van der Waals surface area contributed by atoms with Gasteiger partial charge < -0.3 is 19.6 Å². The Morgan fingerprint density at radius 2 is 1.67 bits per heavy atom. The van der Waals surface area contributed by atoms with Gasteiger partial charge in [0.15, 0.2) is 0 Å². The number of hydrogen-bond donors (Lipinski definition) is 1. The van der Waals surface area contributed by atoms with Gasteiger partial charge in [-0.1, -0.05) is 24.6 Å². The van der Waals surface area contributed by atoms with E-state index >= 15 is 0 Å². The zero-order valence-electron chi connectivity index (χ0n) is 19.2. The van der Waals surface area contributed by atoms with Crippen LogP contribution in [0.25, 0.3) is 0 Å². The van der Waals surface area contributed by atoms with Gasteiger partial charge in [-0.05, 0) is 74.4 Å². The smallest absolute Gasteiger partial charge is 0.253 e. The number of nitrogens with zero attached hydrogens (tertiary/aromatic N) is 2. The molecule has 1 N–H and O–H groups in total. The van der Waals surface area contributed by atoms with Gasteiger partial charge in [0, 0.05) is 43.4 Å². The highest BCUT2D eigenvalue weighted by molar-refractivity contribution is 5.97. The molecular formula is C27H34N2O4. The molecule has 1 fully saturated rings. The molecule has 0 atom stereocenters. The molecule has 0 spiro atoms. The number of rotatable bonds is 9. The molecule has 4 rings (SSSR count). The zero-order valence-corrected chi connectivity index (χ0v) is 19.2. The van der Waals surface area contributed by atoms with E-state index in [2.05, 4.69) is 6.07 Å². The molecule has 0 unspecified atom stereocenters. The van der Waals surface area contributed by atoms with Crippen molar-refractivity contribution in [2.45, 2.75) is 57.4 Å². The van der Waals surface area contributed by atoms with E-state index in [0.717, 1.165) is 56.4 Å². The van der Waals surface area contributed by atoms with Gasteiger partial charge in [0.25, 0.3) is 5.91 Å². The Bertz CT molecular complexity index is 935. The van der Waals surface area contributed by atoms with E-state index in [4.69, 9.17) is 9.84 Å². The molecule has 0 saturated carbocycles. The van der Waals surface area contributed by atoms with Crippen molar-refractivity contribution in [3.63, 3.8) is 0 Å². The number of anilines is 1. The predicted molar refractivity (Wildman–Crippen MR) is 129 cm³/mol. The molecule has 2 aliphatic heterocycles. The summed E-state index contributed by atoms with van der Waals surface area (Å²) in [5.41, 5.74) is 2.95. The normalized spacial score (nSPS) is 16.6. The molecule has 0 aliphatic carbocycles. The van der Waals surface area contributed by atoms with E-state index in [9.17, 15) is 9.59 Å². The van der Waals surface area contributed by atoms with Gasteiger partial charge in [0.2, 0.25) is 5.91 Å². The summed E-state index contributed by atoms with van der Waals surface area (Å²) in [7, 11) is 0. The molecule has 2 amide bonds. The molecule has 2 heterocycles. The lowest BCUT2D eigenvalue weighted by Crippen LogP contribution is -2.50. The molecule has 6 heteroatoms. The summed E-state index contributed by atoms with van der Waals surface area (Å²) in [5, 5.41) is 8.81. The number of piperidine rings is 1. The standard InChI is InChI=1S/C27H34N2O4/c30-19-5-1-2-6-20-33-24-12-9-22(10-13-24)27(32)28-17-15-23(16-18-28)29-25-8-4-3-7-21(25)11-14-26(29)31/h3-4,7-10,12-13,23,30H,1-2,5-6,11,14-20H2. The maximum absolute atomic E-state index is 13.0. The third-order valence-corrected chi connectivity index (χ3v) is 6.67. The number of ether oxygens (including phenoxy) is 1. The van der Waals surface area contributed by atoms with Crippen molar-refractivity contribution in [2.24, 2.45) is 0 Å². The van der Waals surface area contributed by atoms with Crippen LogP contribution < -0.4 is 9.64 Å². The van der Waals surface area contributed by atoms with E-state index in [0.29, 0.717) is 31.7 Å². The number of unbranched alkanes of at least 4 members (excludes halogenated alkanes) is 3. The number of benzene rings is 2. The molecule has 0 bridgehead atoms. The van der Waals surface area contributed by atoms with Crippen molar-refractivity contribution in [2.75, 3.05) is 31.2 Å². The van der Waals surface area contributed by atoms with Gasteiger partial charge in [-0.2, -0.15) is 0 Å². The average molecular weight is 451 g/mol. The van der Waals surface area contributed by atoms with E-state index in [1.165, 1.54) is 5.56 Å². The van der Waals surface area contributed by atoms with Gasteiger partial charge >= 0.3 is 0 Å². The highest BCUT2D eigenvalue weighted by atomic mass is 16.5. The monoisotopic (exact) mass is 450 g/mol. The third kappa shape index (κ3) is 5.74. The molecule has 1 saturated heterocycles. The lowest BCUT2D eigenvalue weighted by Gasteiger charge is -2.41. The number of carbonyl (C=O) groups is 2. The summed E-state index contributed by atoms with van der Waals surface area (Å²) in [6.07, 6.45) is 6.82. The quantitative estimate of drug-likeness (QED) is 0.581. The van der Waals surface area contributed by atoms with Gasteiger partial charge in [-0.25, -0.2) is 0 Å². The lowest BCUT2D eigenvalue weighted by atomic mass is 9.95. The summed E-state index contributed by atoms with van der Waals surface area (Å²) in [4.78, 5) is 29.6. The molecule has 2 aliphatic rings. The molecule has 176 valence electrons. The number of amides is 2. The maximum Gasteiger partial charge on any atom is 0.253 e. The number of likely N-dealkylation sites (tertiary alicyclic amines) is 1. The van der Waals surface area contributed by atoms with Crippen molar-refractivity contribution in [1.29, 1.82) is 0 Å². The fourth-order valence-corrected chi connectivity index (χ4v) is 4.81. The second-order valence-electron chi connectivity index (χ2n) is 8.93. The number of aliphatic hydroxyl groups is 1. The van der Waals surface area contributed by atoms with Crippen molar-refractivity contribution in [1.82, 2.24) is 4.90 Å². The molecule has 2 aromatic rings. The Kier molecular flexibility index (Phi) is 8.00. The Labute approximate surface area is 196 Å². The van der Waals surface area contributed by atoms with Crippen molar-refractivity contribution < 1.29 is 19.4 Å². The number of para-hydroxylation sites is 1. The Morgan fingerprint density at radius 1 is 0.939 bits per heavy atom. The number of fused-ring (bicyclic) bond motifs is 1. The summed E-state index contributed by atoms with van der Waals surface area (Å²) >= 11 is 0. The van der Waals surface area contributed by atoms with Crippen LogP contribution in [0, 0.1) is 0 Å². The van der Waals surface area contributed by atoms with Crippen LogP contribution in [-0.4, -0.2) is 54.2 Å². The van der Waals surface area contributed by atoms with Gasteiger partial charge in [-0.15, -0.1) is 0 Å². The average Bonchev–Trinajstić information content (AvgIpc) is 2.86. The molecule has 2 aromatic carbocycles. The minimum absolute atomic E-state index is 0.0365. The summed E-state index contributed by atoms with van der Waals surface area (Å²) in [6, 6.07) is 15.7. The van der Waals surface area contributed by atoms with E-state index in [1.807, 2.05) is 52.3 Å². The van der Waals surface area contributed by atoms with Gasteiger partial charge in [0.05, 0.1) is 6.61 Å².